The van der Waals surface area contributed by atoms with E-state index in [-0.39, 0.29) is 11.8 Å². The molecule has 1 aliphatic heterocycles. The highest BCUT2D eigenvalue weighted by Gasteiger charge is 2.28. The smallest absolute Gasteiger partial charge is 0.230 e. The third-order valence-electron chi connectivity index (χ3n) is 1.94. The second-order valence-electron chi connectivity index (χ2n) is 2.61. The lowest BCUT2D eigenvalue weighted by Crippen LogP contribution is -2.21. The zero-order valence-electron chi connectivity index (χ0n) is 6.42. The minimum Gasteiger partial charge on any atom is -0.319 e. The zero-order chi connectivity index (χ0) is 8.27. The van der Waals surface area contributed by atoms with E-state index in [9.17, 15) is 4.79 Å². The van der Waals surface area contributed by atoms with Crippen molar-refractivity contribution in [3.05, 3.63) is 12.8 Å². The zero-order valence-corrected chi connectivity index (χ0v) is 6.42. The van der Waals surface area contributed by atoms with E-state index >= 15 is 0 Å². The third kappa shape index (κ3) is 1.43. The molecule has 1 heterocycles. The molecule has 1 unspecified atom stereocenters. The van der Waals surface area contributed by atoms with E-state index in [2.05, 4.69) is 12.5 Å². The summed E-state index contributed by atoms with van der Waals surface area (Å²) in [6.45, 7) is 4.31. The number of carbonyl (C=O) groups excluding carboxylic acids is 1. The van der Waals surface area contributed by atoms with Crippen molar-refractivity contribution >= 4 is 5.91 Å². The molecular weight excluding hydrogens is 138 g/mol. The molecule has 0 bridgehead atoms. The summed E-state index contributed by atoms with van der Waals surface area (Å²) in [5.74, 6) is 2.67. The van der Waals surface area contributed by atoms with Crippen LogP contribution in [-0.4, -0.2) is 17.4 Å². The Morgan fingerprint density at radius 1 is 1.91 bits per heavy atom. The van der Waals surface area contributed by atoms with Crippen LogP contribution in [0.4, 0.5) is 0 Å². The van der Waals surface area contributed by atoms with Crippen molar-refractivity contribution in [1.29, 1.82) is 0 Å². The van der Waals surface area contributed by atoms with Crippen molar-refractivity contribution in [3.8, 4) is 12.3 Å². The molecule has 2 heteroatoms. The van der Waals surface area contributed by atoms with Gasteiger partial charge in [0, 0.05) is 13.0 Å². The first-order valence-corrected chi connectivity index (χ1v) is 3.66. The maximum Gasteiger partial charge on any atom is 0.230 e. The molecule has 0 spiro atoms. The Hall–Kier alpha value is -1.23. The Morgan fingerprint density at radius 2 is 2.64 bits per heavy atom. The maximum atomic E-state index is 11.3. The molecule has 2 nitrogen and oxygen atoms in total. The lowest BCUT2D eigenvalue weighted by atomic mass is 10.1. The number of hydrogen-bond acceptors (Lipinski definition) is 1. The first-order chi connectivity index (χ1) is 5.29. The number of amides is 1. The highest BCUT2D eigenvalue weighted by molar-refractivity contribution is 5.82. The first-order valence-electron chi connectivity index (χ1n) is 3.66. The van der Waals surface area contributed by atoms with Gasteiger partial charge in [-0.2, -0.15) is 0 Å². The predicted molar refractivity (Wildman–Crippen MR) is 43.5 cm³/mol. The van der Waals surface area contributed by atoms with Crippen molar-refractivity contribution in [2.45, 2.75) is 12.8 Å². The highest BCUT2D eigenvalue weighted by Crippen LogP contribution is 2.20. The van der Waals surface area contributed by atoms with Gasteiger partial charge in [0.15, 0.2) is 0 Å². The van der Waals surface area contributed by atoms with Crippen molar-refractivity contribution in [1.82, 2.24) is 4.90 Å². The number of hydrogen-bond donors (Lipinski definition) is 0. The average Bonchev–Trinajstić information content (AvgIpc) is 2.34. The summed E-state index contributed by atoms with van der Waals surface area (Å²) in [7, 11) is 0. The second-order valence-corrected chi connectivity index (χ2v) is 2.61. The quantitative estimate of drug-likeness (QED) is 0.536. The Balaban J connectivity index is 2.57. The lowest BCUT2D eigenvalue weighted by Gasteiger charge is -2.08. The third-order valence-corrected chi connectivity index (χ3v) is 1.94. The summed E-state index contributed by atoms with van der Waals surface area (Å²) < 4.78 is 0. The molecule has 0 radical (unpaired) electrons. The molecule has 0 saturated carbocycles. The van der Waals surface area contributed by atoms with Crippen molar-refractivity contribution in [2.75, 3.05) is 6.54 Å². The van der Waals surface area contributed by atoms with Crippen LogP contribution >= 0.6 is 0 Å². The van der Waals surface area contributed by atoms with Crippen LogP contribution < -0.4 is 0 Å². The van der Waals surface area contributed by atoms with Gasteiger partial charge in [0.2, 0.25) is 5.91 Å². The van der Waals surface area contributed by atoms with E-state index in [1.54, 1.807) is 11.1 Å². The summed E-state index contributed by atoms with van der Waals surface area (Å²) in [6, 6.07) is 0. The van der Waals surface area contributed by atoms with Gasteiger partial charge in [-0.05, 0) is 12.6 Å². The molecule has 1 saturated heterocycles. The second kappa shape index (κ2) is 3.25. The van der Waals surface area contributed by atoms with E-state index in [4.69, 9.17) is 6.42 Å². The van der Waals surface area contributed by atoms with Gasteiger partial charge in [-0.1, -0.05) is 6.58 Å². The molecular formula is C9H11NO. The molecule has 1 rings (SSSR count). The molecule has 0 aromatic heterocycles. The van der Waals surface area contributed by atoms with Crippen LogP contribution in [0.1, 0.15) is 12.8 Å². The topological polar surface area (TPSA) is 20.3 Å². The lowest BCUT2D eigenvalue weighted by molar-refractivity contribution is -0.128. The highest BCUT2D eigenvalue weighted by atomic mass is 16.2. The molecule has 0 aromatic rings. The van der Waals surface area contributed by atoms with Crippen LogP contribution in [0, 0.1) is 18.3 Å². The summed E-state index contributed by atoms with van der Waals surface area (Å²) in [6.07, 6.45) is 8.11. The van der Waals surface area contributed by atoms with Crippen LogP contribution in [-0.2, 0) is 4.79 Å². The average molecular weight is 149 g/mol. The normalized spacial score (nSPS) is 23.4. The maximum absolute atomic E-state index is 11.3. The van der Waals surface area contributed by atoms with Crippen LogP contribution in [0.3, 0.4) is 0 Å². The molecule has 11 heavy (non-hydrogen) atoms. The van der Waals surface area contributed by atoms with Gasteiger partial charge in [0.05, 0.1) is 5.92 Å². The van der Waals surface area contributed by atoms with Crippen molar-refractivity contribution in [2.24, 2.45) is 5.92 Å². The number of likely N-dealkylation sites (tertiary alicyclic amines) is 1. The van der Waals surface area contributed by atoms with Gasteiger partial charge in [-0.15, -0.1) is 12.3 Å². The largest absolute Gasteiger partial charge is 0.319 e. The predicted octanol–water partition coefficient (Wildman–Crippen LogP) is 1.00. The molecule has 0 aromatic carbocycles. The fourth-order valence-electron chi connectivity index (χ4n) is 1.28. The number of rotatable bonds is 2. The van der Waals surface area contributed by atoms with Gasteiger partial charge >= 0.3 is 0 Å². The molecule has 1 atom stereocenters. The number of terminal acetylenes is 1. The van der Waals surface area contributed by atoms with Crippen LogP contribution in [0.2, 0.25) is 0 Å². The molecule has 0 aliphatic carbocycles. The van der Waals surface area contributed by atoms with E-state index in [1.165, 1.54) is 0 Å². The van der Waals surface area contributed by atoms with Gasteiger partial charge in [0.25, 0.3) is 0 Å². The van der Waals surface area contributed by atoms with E-state index in [0.29, 0.717) is 6.42 Å². The standard InChI is InChI=1S/C9H11NO/c1-3-5-8-6-7-10(4-2)9(8)11/h1,4,8H,2,5-7H2. The molecule has 1 amide bonds. The van der Waals surface area contributed by atoms with Gasteiger partial charge in [0.1, 0.15) is 0 Å². The fraction of sp³-hybridized carbons (Fsp3) is 0.444. The first kappa shape index (κ1) is 7.87. The van der Waals surface area contributed by atoms with Crippen LogP contribution in [0.15, 0.2) is 12.8 Å². The monoisotopic (exact) mass is 149 g/mol. The van der Waals surface area contributed by atoms with E-state index < -0.39 is 0 Å². The van der Waals surface area contributed by atoms with Crippen molar-refractivity contribution in [3.63, 3.8) is 0 Å². The van der Waals surface area contributed by atoms with Crippen LogP contribution in [0.5, 0.6) is 0 Å². The minimum absolute atomic E-state index is 0.0398. The van der Waals surface area contributed by atoms with Gasteiger partial charge in [-0.25, -0.2) is 0 Å². The summed E-state index contributed by atoms with van der Waals surface area (Å²) in [4.78, 5) is 12.9. The van der Waals surface area contributed by atoms with Crippen molar-refractivity contribution < 1.29 is 4.79 Å². The number of nitrogens with zero attached hydrogens (tertiary/aromatic N) is 1. The van der Waals surface area contributed by atoms with E-state index in [0.717, 1.165) is 13.0 Å². The number of carbonyl (C=O) groups is 1. The van der Waals surface area contributed by atoms with E-state index in [1.807, 2.05) is 0 Å². The fourth-order valence-corrected chi connectivity index (χ4v) is 1.28. The summed E-state index contributed by atoms with van der Waals surface area (Å²) >= 11 is 0. The molecule has 1 aliphatic rings. The molecule has 0 N–H and O–H groups in total. The Kier molecular flexibility index (Phi) is 2.32. The molecule has 58 valence electrons. The molecule has 1 fully saturated rings. The van der Waals surface area contributed by atoms with Crippen LogP contribution in [0.25, 0.3) is 0 Å². The Morgan fingerprint density at radius 3 is 3.09 bits per heavy atom. The minimum atomic E-state index is 0.0398. The van der Waals surface area contributed by atoms with Gasteiger partial charge < -0.3 is 4.90 Å². The summed E-state index contributed by atoms with van der Waals surface area (Å²) in [5, 5.41) is 0. The SMILES string of the molecule is C#CCC1CCN(C=C)C1=O. The Labute approximate surface area is 66.9 Å². The van der Waals surface area contributed by atoms with Gasteiger partial charge in [-0.3, -0.25) is 4.79 Å². The Bertz CT molecular complexity index is 214. The summed E-state index contributed by atoms with van der Waals surface area (Å²) in [5.41, 5.74) is 0.